The molecule has 1 aliphatic heterocycles. The standard InChI is InChI=1S/C13H11N3O3/c1-16-6-14-11(12(16)13(18)19)7-2-3-9-8(4-7)5-10(17)15-9/h2-4,6H,5H2,1H3,(H,15,17)(H,18,19). The molecule has 96 valence electrons. The molecule has 0 aliphatic carbocycles. The van der Waals surface area contributed by atoms with Gasteiger partial charge in [0.25, 0.3) is 0 Å². The van der Waals surface area contributed by atoms with Crippen molar-refractivity contribution in [3.63, 3.8) is 0 Å². The smallest absolute Gasteiger partial charge is 0.354 e. The number of hydrogen-bond acceptors (Lipinski definition) is 3. The Morgan fingerprint density at radius 2 is 2.26 bits per heavy atom. The van der Waals surface area contributed by atoms with Crippen LogP contribution in [0.4, 0.5) is 5.69 Å². The Balaban J connectivity index is 2.12. The molecule has 0 fully saturated rings. The molecule has 2 aromatic rings. The third-order valence-corrected chi connectivity index (χ3v) is 3.14. The van der Waals surface area contributed by atoms with Crippen LogP contribution in [0.25, 0.3) is 11.3 Å². The first-order chi connectivity index (χ1) is 9.06. The van der Waals surface area contributed by atoms with Gasteiger partial charge < -0.3 is 15.0 Å². The van der Waals surface area contributed by atoms with Crippen molar-refractivity contribution in [1.82, 2.24) is 9.55 Å². The number of carbonyl (C=O) groups is 2. The van der Waals surface area contributed by atoms with E-state index in [1.807, 2.05) is 6.07 Å². The van der Waals surface area contributed by atoms with Crippen molar-refractivity contribution in [2.75, 3.05) is 5.32 Å². The molecule has 0 saturated heterocycles. The summed E-state index contributed by atoms with van der Waals surface area (Å²) >= 11 is 0. The molecule has 6 heteroatoms. The minimum absolute atomic E-state index is 0.0494. The van der Waals surface area contributed by atoms with E-state index in [-0.39, 0.29) is 11.6 Å². The molecule has 1 aromatic heterocycles. The number of nitrogens with one attached hydrogen (secondary N) is 1. The second-order valence-electron chi connectivity index (χ2n) is 4.45. The molecule has 0 atom stereocenters. The van der Waals surface area contributed by atoms with Gasteiger partial charge in [-0.25, -0.2) is 9.78 Å². The van der Waals surface area contributed by atoms with Gasteiger partial charge in [0.15, 0.2) is 5.69 Å². The number of nitrogens with zero attached hydrogens (tertiary/aromatic N) is 2. The van der Waals surface area contributed by atoms with E-state index in [4.69, 9.17) is 0 Å². The summed E-state index contributed by atoms with van der Waals surface area (Å²) in [6, 6.07) is 5.34. The van der Waals surface area contributed by atoms with Crippen molar-refractivity contribution in [3.05, 3.63) is 35.8 Å². The van der Waals surface area contributed by atoms with E-state index in [1.165, 1.54) is 10.9 Å². The second kappa shape index (κ2) is 3.94. The van der Waals surface area contributed by atoms with Gasteiger partial charge in [-0.1, -0.05) is 6.07 Å². The maximum absolute atomic E-state index is 11.3. The number of aromatic carboxylic acids is 1. The summed E-state index contributed by atoms with van der Waals surface area (Å²) in [7, 11) is 1.64. The number of rotatable bonds is 2. The molecule has 3 rings (SSSR count). The first-order valence-corrected chi connectivity index (χ1v) is 5.74. The Morgan fingerprint density at radius 1 is 1.47 bits per heavy atom. The zero-order valence-electron chi connectivity index (χ0n) is 10.2. The van der Waals surface area contributed by atoms with E-state index < -0.39 is 5.97 Å². The molecular formula is C13H11N3O3. The van der Waals surface area contributed by atoms with Crippen LogP contribution in [0.3, 0.4) is 0 Å². The van der Waals surface area contributed by atoms with Crippen molar-refractivity contribution < 1.29 is 14.7 Å². The summed E-state index contributed by atoms with van der Waals surface area (Å²) in [6.07, 6.45) is 1.79. The Morgan fingerprint density at radius 3 is 3.00 bits per heavy atom. The fourth-order valence-electron chi connectivity index (χ4n) is 2.27. The van der Waals surface area contributed by atoms with Crippen LogP contribution in [0.1, 0.15) is 16.1 Å². The molecule has 1 aromatic carbocycles. The van der Waals surface area contributed by atoms with Gasteiger partial charge in [-0.15, -0.1) is 0 Å². The normalized spacial score (nSPS) is 13.2. The number of fused-ring (bicyclic) bond motifs is 1. The van der Waals surface area contributed by atoms with E-state index in [2.05, 4.69) is 10.3 Å². The summed E-state index contributed by atoms with van der Waals surface area (Å²) in [5.41, 5.74) is 2.90. The lowest BCUT2D eigenvalue weighted by molar-refractivity contribution is -0.115. The second-order valence-corrected chi connectivity index (χ2v) is 4.45. The van der Waals surface area contributed by atoms with Gasteiger partial charge in [0, 0.05) is 18.3 Å². The van der Waals surface area contributed by atoms with E-state index in [0.717, 1.165) is 11.3 Å². The van der Waals surface area contributed by atoms with Crippen molar-refractivity contribution in [3.8, 4) is 11.3 Å². The summed E-state index contributed by atoms with van der Waals surface area (Å²) in [6.45, 7) is 0. The van der Waals surface area contributed by atoms with Crippen LogP contribution in [0.5, 0.6) is 0 Å². The van der Waals surface area contributed by atoms with Crippen LogP contribution in [0.15, 0.2) is 24.5 Å². The highest BCUT2D eigenvalue weighted by Gasteiger charge is 2.21. The fraction of sp³-hybridized carbons (Fsp3) is 0.154. The fourth-order valence-corrected chi connectivity index (χ4v) is 2.27. The first kappa shape index (κ1) is 11.5. The Kier molecular flexibility index (Phi) is 2.38. The minimum Gasteiger partial charge on any atom is -0.477 e. The summed E-state index contributed by atoms with van der Waals surface area (Å²) < 4.78 is 1.47. The molecule has 0 saturated carbocycles. The van der Waals surface area contributed by atoms with Gasteiger partial charge in [-0.2, -0.15) is 0 Å². The predicted octanol–water partition coefficient (Wildman–Crippen LogP) is 1.28. The maximum Gasteiger partial charge on any atom is 0.354 e. The van der Waals surface area contributed by atoms with Gasteiger partial charge >= 0.3 is 5.97 Å². The number of anilines is 1. The largest absolute Gasteiger partial charge is 0.477 e. The van der Waals surface area contributed by atoms with Crippen LogP contribution in [-0.2, 0) is 18.3 Å². The molecule has 0 radical (unpaired) electrons. The Bertz CT molecular complexity index is 703. The van der Waals surface area contributed by atoms with Crippen molar-refractivity contribution in [1.29, 1.82) is 0 Å². The number of carbonyl (C=O) groups excluding carboxylic acids is 1. The van der Waals surface area contributed by atoms with Gasteiger partial charge in [-0.3, -0.25) is 4.79 Å². The van der Waals surface area contributed by atoms with Gasteiger partial charge in [0.05, 0.1) is 12.7 Å². The van der Waals surface area contributed by atoms with Crippen molar-refractivity contribution in [2.45, 2.75) is 6.42 Å². The number of carboxylic acid groups (broad SMARTS) is 1. The number of aryl methyl sites for hydroxylation is 1. The monoisotopic (exact) mass is 257 g/mol. The number of imidazole rings is 1. The molecule has 6 nitrogen and oxygen atoms in total. The number of benzene rings is 1. The zero-order chi connectivity index (χ0) is 13.6. The molecule has 2 heterocycles. The number of hydrogen-bond donors (Lipinski definition) is 2. The third kappa shape index (κ3) is 1.77. The van der Waals surface area contributed by atoms with Gasteiger partial charge in [-0.05, 0) is 17.7 Å². The Hall–Kier alpha value is -2.63. The molecule has 1 amide bonds. The van der Waals surface area contributed by atoms with Crippen LogP contribution < -0.4 is 5.32 Å². The average molecular weight is 257 g/mol. The molecule has 0 spiro atoms. The topological polar surface area (TPSA) is 84.2 Å². The number of amides is 1. The summed E-state index contributed by atoms with van der Waals surface area (Å²) in [5.74, 6) is -1.07. The van der Waals surface area contributed by atoms with E-state index in [1.54, 1.807) is 19.2 Å². The number of carboxylic acids is 1. The zero-order valence-corrected chi connectivity index (χ0v) is 10.2. The molecule has 0 unspecified atom stereocenters. The van der Waals surface area contributed by atoms with Crippen LogP contribution >= 0.6 is 0 Å². The highest BCUT2D eigenvalue weighted by atomic mass is 16.4. The lowest BCUT2D eigenvalue weighted by Gasteiger charge is -2.04. The summed E-state index contributed by atoms with van der Waals surface area (Å²) in [5, 5.41) is 11.9. The minimum atomic E-state index is -1.02. The highest BCUT2D eigenvalue weighted by molar-refractivity contribution is 6.00. The van der Waals surface area contributed by atoms with E-state index in [0.29, 0.717) is 17.7 Å². The lowest BCUT2D eigenvalue weighted by Crippen LogP contribution is -2.05. The van der Waals surface area contributed by atoms with Gasteiger partial charge in [0.2, 0.25) is 5.91 Å². The predicted molar refractivity (Wildman–Crippen MR) is 67.9 cm³/mol. The first-order valence-electron chi connectivity index (χ1n) is 5.74. The summed E-state index contributed by atoms with van der Waals surface area (Å²) in [4.78, 5) is 26.7. The molecule has 19 heavy (non-hydrogen) atoms. The Labute approximate surface area is 108 Å². The molecule has 2 N–H and O–H groups in total. The van der Waals surface area contributed by atoms with Gasteiger partial charge in [0.1, 0.15) is 5.69 Å². The van der Waals surface area contributed by atoms with Crippen LogP contribution in [0, 0.1) is 0 Å². The average Bonchev–Trinajstić information content (AvgIpc) is 2.89. The SMILES string of the molecule is Cn1cnc(-c2ccc3c(c2)CC(=O)N3)c1C(=O)O. The maximum atomic E-state index is 11.3. The van der Waals surface area contributed by atoms with Crippen LogP contribution in [0.2, 0.25) is 0 Å². The molecule has 1 aliphatic rings. The third-order valence-electron chi connectivity index (χ3n) is 3.14. The number of aromatic nitrogens is 2. The van der Waals surface area contributed by atoms with Crippen molar-refractivity contribution >= 4 is 17.6 Å². The van der Waals surface area contributed by atoms with E-state index in [9.17, 15) is 14.7 Å². The molecular weight excluding hydrogens is 246 g/mol. The van der Waals surface area contributed by atoms with E-state index >= 15 is 0 Å². The quantitative estimate of drug-likeness (QED) is 0.848. The highest BCUT2D eigenvalue weighted by Crippen LogP contribution is 2.29. The lowest BCUT2D eigenvalue weighted by atomic mass is 10.0. The van der Waals surface area contributed by atoms with Crippen LogP contribution in [-0.4, -0.2) is 26.5 Å². The molecule has 0 bridgehead atoms. The van der Waals surface area contributed by atoms with Crippen molar-refractivity contribution in [2.24, 2.45) is 7.05 Å².